The molecule has 1 amide bonds. The van der Waals surface area contributed by atoms with Crippen LogP contribution < -0.4 is 5.32 Å². The Morgan fingerprint density at radius 1 is 1.10 bits per heavy atom. The fourth-order valence-electron chi connectivity index (χ4n) is 3.94. The molecule has 1 aromatic carbocycles. The van der Waals surface area contributed by atoms with Gasteiger partial charge >= 0.3 is 0 Å². The van der Waals surface area contributed by atoms with Crippen LogP contribution in [0.25, 0.3) is 11.0 Å². The molecule has 1 aliphatic rings. The van der Waals surface area contributed by atoms with Crippen molar-refractivity contribution in [2.45, 2.75) is 44.6 Å². The van der Waals surface area contributed by atoms with Crippen LogP contribution in [0.5, 0.6) is 0 Å². The van der Waals surface area contributed by atoms with Crippen LogP contribution in [0, 0.1) is 0 Å². The SMILES string of the molecule is O=C(Nc1nnc(C2CCCCC2)s1)c1cnc2c(cnn2Cc2ccccc2)c1. The Bertz CT molecular complexity index is 1160. The molecule has 30 heavy (non-hydrogen) atoms. The third kappa shape index (κ3) is 3.95. The maximum absolute atomic E-state index is 12.7. The number of nitrogens with zero attached hydrogens (tertiary/aromatic N) is 5. The van der Waals surface area contributed by atoms with Crippen LogP contribution in [-0.2, 0) is 6.54 Å². The predicted octanol–water partition coefficient (Wildman–Crippen LogP) is 4.63. The van der Waals surface area contributed by atoms with Gasteiger partial charge in [0.2, 0.25) is 5.13 Å². The minimum absolute atomic E-state index is 0.230. The van der Waals surface area contributed by atoms with Crippen LogP contribution in [0.1, 0.15) is 59.0 Å². The third-order valence-corrected chi connectivity index (χ3v) is 6.53. The number of fused-ring (bicyclic) bond motifs is 1. The molecule has 8 heteroatoms. The molecule has 7 nitrogen and oxygen atoms in total. The van der Waals surface area contributed by atoms with E-state index < -0.39 is 0 Å². The van der Waals surface area contributed by atoms with Crippen molar-refractivity contribution >= 4 is 33.4 Å². The highest BCUT2D eigenvalue weighted by atomic mass is 32.1. The van der Waals surface area contributed by atoms with Crippen LogP contribution in [0.4, 0.5) is 5.13 Å². The van der Waals surface area contributed by atoms with Crippen molar-refractivity contribution in [2.75, 3.05) is 5.32 Å². The first kappa shape index (κ1) is 18.9. The molecule has 0 atom stereocenters. The quantitative estimate of drug-likeness (QED) is 0.511. The zero-order valence-corrected chi connectivity index (χ0v) is 17.3. The first-order valence-electron chi connectivity index (χ1n) is 10.3. The van der Waals surface area contributed by atoms with E-state index in [1.165, 1.54) is 30.6 Å². The molecule has 0 saturated heterocycles. The Labute approximate surface area is 178 Å². The molecule has 4 aromatic rings. The molecule has 5 rings (SSSR count). The lowest BCUT2D eigenvalue weighted by Crippen LogP contribution is -2.12. The van der Waals surface area contributed by atoms with Gasteiger partial charge in [-0.15, -0.1) is 10.2 Å². The molecule has 1 saturated carbocycles. The second-order valence-electron chi connectivity index (χ2n) is 7.66. The highest BCUT2D eigenvalue weighted by Gasteiger charge is 2.20. The van der Waals surface area contributed by atoms with Crippen molar-refractivity contribution in [1.82, 2.24) is 25.0 Å². The molecule has 1 fully saturated rings. The second-order valence-corrected chi connectivity index (χ2v) is 8.67. The van der Waals surface area contributed by atoms with Gasteiger partial charge in [-0.3, -0.25) is 10.1 Å². The zero-order chi connectivity index (χ0) is 20.3. The van der Waals surface area contributed by atoms with Gasteiger partial charge in [-0.25, -0.2) is 9.67 Å². The minimum atomic E-state index is -0.230. The number of aromatic nitrogens is 5. The monoisotopic (exact) mass is 418 g/mol. The van der Waals surface area contributed by atoms with Crippen molar-refractivity contribution in [1.29, 1.82) is 0 Å². The van der Waals surface area contributed by atoms with Gasteiger partial charge in [0.15, 0.2) is 5.65 Å². The molecule has 1 N–H and O–H groups in total. The highest BCUT2D eigenvalue weighted by molar-refractivity contribution is 7.15. The molecule has 0 spiro atoms. The van der Waals surface area contributed by atoms with Gasteiger partial charge in [0.05, 0.1) is 18.3 Å². The number of anilines is 1. The van der Waals surface area contributed by atoms with E-state index in [0.29, 0.717) is 23.2 Å². The summed E-state index contributed by atoms with van der Waals surface area (Å²) < 4.78 is 1.84. The van der Waals surface area contributed by atoms with E-state index in [1.54, 1.807) is 12.4 Å². The van der Waals surface area contributed by atoms with E-state index in [4.69, 9.17) is 0 Å². The summed E-state index contributed by atoms with van der Waals surface area (Å²) in [5, 5.41) is 18.2. The number of carbonyl (C=O) groups is 1. The molecular weight excluding hydrogens is 396 g/mol. The molecule has 0 radical (unpaired) electrons. The van der Waals surface area contributed by atoms with Crippen LogP contribution in [-0.4, -0.2) is 30.9 Å². The van der Waals surface area contributed by atoms with Crippen molar-refractivity contribution in [2.24, 2.45) is 0 Å². The average Bonchev–Trinajstić information content (AvgIpc) is 3.42. The van der Waals surface area contributed by atoms with Gasteiger partial charge < -0.3 is 0 Å². The summed E-state index contributed by atoms with van der Waals surface area (Å²) in [5.74, 6) is 0.252. The summed E-state index contributed by atoms with van der Waals surface area (Å²) >= 11 is 1.48. The Balaban J connectivity index is 1.30. The van der Waals surface area contributed by atoms with Gasteiger partial charge in [-0.1, -0.05) is 60.9 Å². The Kier molecular flexibility index (Phi) is 5.23. The van der Waals surface area contributed by atoms with E-state index in [2.05, 4.69) is 37.7 Å². The van der Waals surface area contributed by atoms with Crippen LogP contribution >= 0.6 is 11.3 Å². The smallest absolute Gasteiger partial charge is 0.259 e. The summed E-state index contributed by atoms with van der Waals surface area (Å²) in [4.78, 5) is 17.2. The van der Waals surface area contributed by atoms with E-state index in [9.17, 15) is 4.79 Å². The molecule has 0 unspecified atom stereocenters. The fourth-order valence-corrected chi connectivity index (χ4v) is 4.84. The van der Waals surface area contributed by atoms with Gasteiger partial charge in [0.1, 0.15) is 5.01 Å². The van der Waals surface area contributed by atoms with Crippen molar-refractivity contribution in [3.63, 3.8) is 0 Å². The lowest BCUT2D eigenvalue weighted by Gasteiger charge is -2.18. The molecule has 152 valence electrons. The molecular formula is C22H22N6OS. The number of pyridine rings is 1. The predicted molar refractivity (Wildman–Crippen MR) is 117 cm³/mol. The topological polar surface area (TPSA) is 85.6 Å². The standard InChI is InChI=1S/C22H22N6OS/c29-20(25-22-27-26-21(30-22)16-9-5-2-6-10-16)18-11-17-13-24-28(19(17)23-12-18)14-15-7-3-1-4-8-15/h1,3-4,7-8,11-13,16H,2,5-6,9-10,14H2,(H,25,27,29). The lowest BCUT2D eigenvalue weighted by molar-refractivity contribution is 0.102. The number of hydrogen-bond acceptors (Lipinski definition) is 6. The number of nitrogens with one attached hydrogen (secondary N) is 1. The molecule has 0 aliphatic heterocycles. The minimum Gasteiger partial charge on any atom is -0.296 e. The number of carbonyl (C=O) groups excluding carboxylic acids is 1. The van der Waals surface area contributed by atoms with Crippen LogP contribution in [0.3, 0.4) is 0 Å². The molecule has 3 heterocycles. The Morgan fingerprint density at radius 2 is 1.93 bits per heavy atom. The summed E-state index contributed by atoms with van der Waals surface area (Å²) in [6.45, 7) is 0.637. The molecule has 0 bridgehead atoms. The van der Waals surface area contributed by atoms with Crippen molar-refractivity contribution in [3.05, 3.63) is 64.9 Å². The second kappa shape index (κ2) is 8.31. The fraction of sp³-hybridized carbons (Fsp3) is 0.318. The van der Waals surface area contributed by atoms with Gasteiger partial charge in [-0.2, -0.15) is 5.10 Å². The normalized spacial score (nSPS) is 14.8. The maximum Gasteiger partial charge on any atom is 0.259 e. The Hall–Kier alpha value is -3.13. The van der Waals surface area contributed by atoms with Crippen LogP contribution in [0.15, 0.2) is 48.8 Å². The van der Waals surface area contributed by atoms with E-state index in [0.717, 1.165) is 34.4 Å². The number of amides is 1. The lowest BCUT2D eigenvalue weighted by atomic mass is 9.90. The van der Waals surface area contributed by atoms with Gasteiger partial charge in [0, 0.05) is 17.5 Å². The molecule has 1 aliphatic carbocycles. The number of rotatable bonds is 5. The van der Waals surface area contributed by atoms with Gasteiger partial charge in [0.25, 0.3) is 5.91 Å². The first-order valence-corrected chi connectivity index (χ1v) is 11.1. The average molecular weight is 419 g/mol. The Morgan fingerprint density at radius 3 is 2.77 bits per heavy atom. The van der Waals surface area contributed by atoms with E-state index >= 15 is 0 Å². The number of hydrogen-bond donors (Lipinski definition) is 1. The summed E-state index contributed by atoms with van der Waals surface area (Å²) in [7, 11) is 0. The van der Waals surface area contributed by atoms with Crippen molar-refractivity contribution in [3.8, 4) is 0 Å². The van der Waals surface area contributed by atoms with E-state index in [1.807, 2.05) is 28.9 Å². The zero-order valence-electron chi connectivity index (χ0n) is 16.5. The van der Waals surface area contributed by atoms with Gasteiger partial charge in [-0.05, 0) is 24.5 Å². The maximum atomic E-state index is 12.7. The van der Waals surface area contributed by atoms with Crippen LogP contribution in [0.2, 0.25) is 0 Å². The number of benzene rings is 1. The third-order valence-electron chi connectivity index (χ3n) is 5.53. The largest absolute Gasteiger partial charge is 0.296 e. The van der Waals surface area contributed by atoms with Crippen molar-refractivity contribution < 1.29 is 4.79 Å². The molecule has 3 aromatic heterocycles. The summed E-state index contributed by atoms with van der Waals surface area (Å²) in [6, 6.07) is 11.9. The highest BCUT2D eigenvalue weighted by Crippen LogP contribution is 2.35. The summed E-state index contributed by atoms with van der Waals surface area (Å²) in [5.41, 5.74) is 2.39. The first-order chi connectivity index (χ1) is 14.8. The van der Waals surface area contributed by atoms with E-state index in [-0.39, 0.29) is 5.91 Å². The summed E-state index contributed by atoms with van der Waals surface area (Å²) in [6.07, 6.45) is 9.45.